The minimum absolute atomic E-state index is 0.153. The largest absolute Gasteiger partial charge is 0.475 e. The summed E-state index contributed by atoms with van der Waals surface area (Å²) in [6.07, 6.45) is 2.10. The van der Waals surface area contributed by atoms with Crippen molar-refractivity contribution in [3.8, 4) is 11.9 Å². The Balaban J connectivity index is 1.84. The molecule has 0 aliphatic heterocycles. The number of aromatic nitrogens is 4. The second-order valence-corrected chi connectivity index (χ2v) is 5.52. The Hall–Kier alpha value is -3.47. The van der Waals surface area contributed by atoms with Gasteiger partial charge in [0.2, 0.25) is 17.7 Å². The van der Waals surface area contributed by atoms with Crippen LogP contribution >= 0.6 is 0 Å². The Labute approximate surface area is 150 Å². The average Bonchev–Trinajstić information content (AvgIpc) is 3.06. The van der Waals surface area contributed by atoms with Gasteiger partial charge in [0.15, 0.2) is 11.2 Å². The summed E-state index contributed by atoms with van der Waals surface area (Å²) in [5.74, 6) is 0.189. The number of rotatable bonds is 7. The van der Waals surface area contributed by atoms with Gasteiger partial charge in [-0.2, -0.15) is 15.2 Å². The first kappa shape index (κ1) is 17.4. The molecule has 1 amide bonds. The number of ether oxygens (including phenoxy) is 1. The van der Waals surface area contributed by atoms with Crippen LogP contribution in [0, 0.1) is 11.3 Å². The van der Waals surface area contributed by atoms with Gasteiger partial charge in [-0.1, -0.05) is 30.3 Å². The molecule has 0 aliphatic carbocycles. The Morgan fingerprint density at radius 3 is 2.85 bits per heavy atom. The number of anilines is 1. The molecule has 0 atom stereocenters. The molecule has 0 saturated heterocycles. The van der Waals surface area contributed by atoms with Gasteiger partial charge in [-0.25, -0.2) is 4.98 Å². The summed E-state index contributed by atoms with van der Waals surface area (Å²) in [6, 6.07) is 11.4. The van der Waals surface area contributed by atoms with Crippen LogP contribution in [0.1, 0.15) is 18.9 Å². The van der Waals surface area contributed by atoms with Crippen molar-refractivity contribution in [2.24, 2.45) is 0 Å². The molecule has 132 valence electrons. The molecule has 26 heavy (non-hydrogen) atoms. The Morgan fingerprint density at radius 2 is 2.12 bits per heavy atom. The zero-order valence-electron chi connectivity index (χ0n) is 14.3. The number of nitrogens with zero attached hydrogens (tertiary/aromatic N) is 5. The van der Waals surface area contributed by atoms with Gasteiger partial charge in [-0.3, -0.25) is 10.1 Å². The third-order valence-electron chi connectivity index (χ3n) is 3.68. The smallest absolute Gasteiger partial charge is 0.247 e. The van der Waals surface area contributed by atoms with E-state index in [0.717, 1.165) is 5.56 Å². The highest BCUT2D eigenvalue weighted by Crippen LogP contribution is 2.23. The van der Waals surface area contributed by atoms with Crippen molar-refractivity contribution in [1.29, 1.82) is 5.26 Å². The van der Waals surface area contributed by atoms with Gasteiger partial charge in [0, 0.05) is 6.54 Å². The molecule has 0 radical (unpaired) electrons. The van der Waals surface area contributed by atoms with Crippen molar-refractivity contribution in [2.75, 3.05) is 11.9 Å². The van der Waals surface area contributed by atoms with Crippen LogP contribution in [-0.2, 0) is 17.8 Å². The van der Waals surface area contributed by atoms with Crippen LogP contribution in [0.4, 0.5) is 5.95 Å². The number of imidazole rings is 1. The lowest BCUT2D eigenvalue weighted by atomic mass is 10.1. The van der Waals surface area contributed by atoms with Gasteiger partial charge >= 0.3 is 0 Å². The molecule has 8 heteroatoms. The van der Waals surface area contributed by atoms with Crippen molar-refractivity contribution >= 4 is 23.0 Å². The maximum atomic E-state index is 12.3. The maximum absolute atomic E-state index is 12.3. The van der Waals surface area contributed by atoms with E-state index in [0.29, 0.717) is 17.7 Å². The minimum atomic E-state index is -0.221. The highest BCUT2D eigenvalue weighted by molar-refractivity contribution is 5.91. The summed E-state index contributed by atoms with van der Waals surface area (Å²) in [5.41, 5.74) is 1.98. The molecule has 1 N–H and O–H groups in total. The molecular formula is C18H18N6O2. The Bertz CT molecular complexity index is 945. The third-order valence-corrected chi connectivity index (χ3v) is 3.68. The number of hydrogen-bond donors (Lipinski definition) is 1. The van der Waals surface area contributed by atoms with Gasteiger partial charge < -0.3 is 9.30 Å². The Kier molecular flexibility index (Phi) is 5.39. The summed E-state index contributed by atoms with van der Waals surface area (Å²) in [6.45, 7) is 2.83. The van der Waals surface area contributed by atoms with E-state index in [-0.39, 0.29) is 37.2 Å². The zero-order chi connectivity index (χ0) is 18.4. The molecule has 3 aromatic rings. The van der Waals surface area contributed by atoms with E-state index in [1.165, 1.54) is 0 Å². The first-order valence-corrected chi connectivity index (χ1v) is 8.27. The maximum Gasteiger partial charge on any atom is 0.247 e. The first-order valence-electron chi connectivity index (χ1n) is 8.27. The van der Waals surface area contributed by atoms with E-state index >= 15 is 0 Å². The van der Waals surface area contributed by atoms with Crippen LogP contribution in [-0.4, -0.2) is 32.0 Å². The number of benzene rings is 1. The van der Waals surface area contributed by atoms with Crippen molar-refractivity contribution in [1.82, 2.24) is 19.5 Å². The van der Waals surface area contributed by atoms with Gasteiger partial charge in [0.1, 0.15) is 6.61 Å². The Morgan fingerprint density at radius 1 is 1.31 bits per heavy atom. The second kappa shape index (κ2) is 8.07. The lowest BCUT2D eigenvalue weighted by Crippen LogP contribution is -2.17. The molecule has 0 bridgehead atoms. The summed E-state index contributed by atoms with van der Waals surface area (Å²) in [7, 11) is 0. The highest BCUT2D eigenvalue weighted by Gasteiger charge is 2.15. The van der Waals surface area contributed by atoms with E-state index < -0.39 is 0 Å². The SMILES string of the molecule is CCn1cnc2c(OCCC#N)nc(NC(=O)Cc3ccccc3)nc21. The van der Waals surface area contributed by atoms with E-state index in [2.05, 4.69) is 20.3 Å². The van der Waals surface area contributed by atoms with Crippen LogP contribution in [0.3, 0.4) is 0 Å². The number of fused-ring (bicyclic) bond motifs is 1. The first-order chi connectivity index (χ1) is 12.7. The number of carbonyl (C=O) groups is 1. The second-order valence-electron chi connectivity index (χ2n) is 5.52. The predicted molar refractivity (Wildman–Crippen MR) is 95.5 cm³/mol. The molecule has 0 fully saturated rings. The molecule has 0 saturated carbocycles. The van der Waals surface area contributed by atoms with Crippen LogP contribution in [0.25, 0.3) is 11.2 Å². The molecular weight excluding hydrogens is 332 g/mol. The minimum Gasteiger partial charge on any atom is -0.475 e. The quantitative estimate of drug-likeness (QED) is 0.656. The molecule has 0 unspecified atom stereocenters. The van der Waals surface area contributed by atoms with Crippen molar-refractivity contribution in [3.05, 3.63) is 42.2 Å². The lowest BCUT2D eigenvalue weighted by molar-refractivity contribution is -0.115. The number of carbonyl (C=O) groups excluding carboxylic acids is 1. The molecule has 0 spiro atoms. The van der Waals surface area contributed by atoms with E-state index in [9.17, 15) is 4.79 Å². The van der Waals surface area contributed by atoms with Crippen LogP contribution in [0.2, 0.25) is 0 Å². The normalized spacial score (nSPS) is 10.5. The average molecular weight is 350 g/mol. The zero-order valence-corrected chi connectivity index (χ0v) is 14.3. The number of hydrogen-bond acceptors (Lipinski definition) is 6. The van der Waals surface area contributed by atoms with Crippen molar-refractivity contribution in [3.63, 3.8) is 0 Å². The predicted octanol–water partition coefficient (Wildman–Crippen LogP) is 2.32. The number of nitrogens with one attached hydrogen (secondary N) is 1. The van der Waals surface area contributed by atoms with Gasteiger partial charge in [-0.15, -0.1) is 0 Å². The van der Waals surface area contributed by atoms with Gasteiger partial charge in [0.05, 0.1) is 25.2 Å². The van der Waals surface area contributed by atoms with Gasteiger partial charge in [0.25, 0.3) is 0 Å². The van der Waals surface area contributed by atoms with Crippen LogP contribution < -0.4 is 10.1 Å². The number of nitriles is 1. The van der Waals surface area contributed by atoms with Gasteiger partial charge in [-0.05, 0) is 12.5 Å². The van der Waals surface area contributed by atoms with E-state index in [4.69, 9.17) is 10.00 Å². The van der Waals surface area contributed by atoms with Crippen molar-refractivity contribution in [2.45, 2.75) is 26.3 Å². The highest BCUT2D eigenvalue weighted by atomic mass is 16.5. The van der Waals surface area contributed by atoms with Crippen LogP contribution in [0.15, 0.2) is 36.7 Å². The number of amides is 1. The summed E-state index contributed by atoms with van der Waals surface area (Å²) >= 11 is 0. The molecule has 2 aromatic heterocycles. The standard InChI is InChI=1S/C18H18N6O2/c1-2-24-12-20-15-16(24)22-18(23-17(15)26-10-6-9-19)21-14(25)11-13-7-4-3-5-8-13/h3-5,7-8,12H,2,6,10-11H2,1H3,(H,21,22,23,25). The monoisotopic (exact) mass is 350 g/mol. The van der Waals surface area contributed by atoms with E-state index in [1.807, 2.05) is 47.9 Å². The molecule has 2 heterocycles. The topological polar surface area (TPSA) is 106 Å². The van der Waals surface area contributed by atoms with Crippen molar-refractivity contribution < 1.29 is 9.53 Å². The fourth-order valence-electron chi connectivity index (χ4n) is 2.45. The fourth-order valence-corrected chi connectivity index (χ4v) is 2.45. The summed E-state index contributed by atoms with van der Waals surface area (Å²) in [5, 5.41) is 11.4. The van der Waals surface area contributed by atoms with E-state index in [1.54, 1.807) is 6.33 Å². The molecule has 1 aromatic carbocycles. The third kappa shape index (κ3) is 3.95. The molecule has 8 nitrogen and oxygen atoms in total. The molecule has 3 rings (SSSR count). The fraction of sp³-hybridized carbons (Fsp3) is 0.278. The molecule has 0 aliphatic rings. The number of aryl methyl sites for hydroxylation is 1. The summed E-state index contributed by atoms with van der Waals surface area (Å²) < 4.78 is 7.39. The van der Waals surface area contributed by atoms with Crippen LogP contribution in [0.5, 0.6) is 5.88 Å². The lowest BCUT2D eigenvalue weighted by Gasteiger charge is -2.08. The summed E-state index contributed by atoms with van der Waals surface area (Å²) in [4.78, 5) is 25.2.